The molecule has 20 heavy (non-hydrogen) atoms. The second kappa shape index (κ2) is 4.92. The first kappa shape index (κ1) is 12.6. The van der Waals surface area contributed by atoms with Crippen molar-refractivity contribution < 1.29 is 9.32 Å². The molecule has 0 fully saturated rings. The standard InChI is InChI=1S/C13H14N4O3/c1-7-4-11(17-20-7)13(19)14-9-2-3-10-8(5-9)6-12(18)16-15-10/h4,6,9H,2-3,5H2,1H3,(H,14,19)(H,16,18)/t9-/m0/s1. The lowest BCUT2D eigenvalue weighted by Gasteiger charge is -2.23. The first-order valence-electron chi connectivity index (χ1n) is 6.43. The Bertz CT molecular complexity index is 704. The third-order valence-corrected chi connectivity index (χ3v) is 3.37. The number of aromatic amines is 1. The van der Waals surface area contributed by atoms with Crippen molar-refractivity contribution in [3.8, 4) is 0 Å². The van der Waals surface area contributed by atoms with Crippen molar-refractivity contribution in [2.24, 2.45) is 0 Å². The summed E-state index contributed by atoms with van der Waals surface area (Å²) in [4.78, 5) is 23.3. The van der Waals surface area contributed by atoms with E-state index in [0.717, 1.165) is 24.1 Å². The van der Waals surface area contributed by atoms with E-state index in [1.54, 1.807) is 19.1 Å². The molecule has 0 unspecified atom stereocenters. The predicted molar refractivity (Wildman–Crippen MR) is 69.4 cm³/mol. The van der Waals surface area contributed by atoms with Gasteiger partial charge in [-0.15, -0.1) is 0 Å². The molecule has 0 spiro atoms. The fourth-order valence-corrected chi connectivity index (χ4v) is 2.40. The molecule has 1 atom stereocenters. The molecule has 2 heterocycles. The second-order valence-electron chi connectivity index (χ2n) is 4.94. The van der Waals surface area contributed by atoms with E-state index in [4.69, 9.17) is 4.52 Å². The summed E-state index contributed by atoms with van der Waals surface area (Å²) >= 11 is 0. The van der Waals surface area contributed by atoms with Gasteiger partial charge >= 0.3 is 0 Å². The Hall–Kier alpha value is -2.44. The number of hydrogen-bond donors (Lipinski definition) is 2. The summed E-state index contributed by atoms with van der Waals surface area (Å²) in [6.07, 6.45) is 2.12. The number of nitrogens with one attached hydrogen (secondary N) is 2. The van der Waals surface area contributed by atoms with Crippen LogP contribution in [0.4, 0.5) is 0 Å². The van der Waals surface area contributed by atoms with Crippen LogP contribution in [-0.4, -0.2) is 27.3 Å². The van der Waals surface area contributed by atoms with Crippen molar-refractivity contribution in [2.45, 2.75) is 32.2 Å². The van der Waals surface area contributed by atoms with E-state index in [2.05, 4.69) is 20.7 Å². The molecule has 2 aromatic rings. The molecule has 2 aromatic heterocycles. The van der Waals surface area contributed by atoms with Gasteiger partial charge in [0, 0.05) is 18.2 Å². The highest BCUT2D eigenvalue weighted by atomic mass is 16.5. The van der Waals surface area contributed by atoms with Crippen LogP contribution in [0.2, 0.25) is 0 Å². The maximum absolute atomic E-state index is 12.0. The van der Waals surface area contributed by atoms with Crippen LogP contribution in [0.5, 0.6) is 0 Å². The molecule has 0 bridgehead atoms. The average molecular weight is 274 g/mol. The second-order valence-corrected chi connectivity index (χ2v) is 4.94. The van der Waals surface area contributed by atoms with Gasteiger partial charge in [0.05, 0.1) is 5.69 Å². The zero-order valence-corrected chi connectivity index (χ0v) is 11.0. The summed E-state index contributed by atoms with van der Waals surface area (Å²) in [5.41, 5.74) is 1.84. The molecule has 1 aliphatic carbocycles. The Morgan fingerprint density at radius 1 is 1.50 bits per heavy atom. The summed E-state index contributed by atoms with van der Waals surface area (Å²) in [5.74, 6) is 0.341. The van der Waals surface area contributed by atoms with E-state index in [9.17, 15) is 9.59 Å². The molecule has 7 nitrogen and oxygen atoms in total. The molecule has 104 valence electrons. The molecule has 0 aromatic carbocycles. The van der Waals surface area contributed by atoms with E-state index in [1.807, 2.05) is 0 Å². The van der Waals surface area contributed by atoms with Crippen molar-refractivity contribution in [3.63, 3.8) is 0 Å². The molecule has 1 aliphatic rings. The Morgan fingerprint density at radius 2 is 2.35 bits per heavy atom. The predicted octanol–water partition coefficient (Wildman–Crippen LogP) is 0.354. The van der Waals surface area contributed by atoms with Gasteiger partial charge in [0.25, 0.3) is 11.5 Å². The fourth-order valence-electron chi connectivity index (χ4n) is 2.40. The highest BCUT2D eigenvalue weighted by Crippen LogP contribution is 2.18. The summed E-state index contributed by atoms with van der Waals surface area (Å²) in [6, 6.07) is 3.12. The molecule has 0 aliphatic heterocycles. The number of carbonyl (C=O) groups is 1. The summed E-state index contributed by atoms with van der Waals surface area (Å²) in [5, 5.41) is 13.0. The van der Waals surface area contributed by atoms with Crippen molar-refractivity contribution in [2.75, 3.05) is 0 Å². The first-order chi connectivity index (χ1) is 9.61. The summed E-state index contributed by atoms with van der Waals surface area (Å²) in [7, 11) is 0. The van der Waals surface area contributed by atoms with Crippen LogP contribution in [0, 0.1) is 6.92 Å². The Balaban J connectivity index is 1.71. The topological polar surface area (TPSA) is 101 Å². The van der Waals surface area contributed by atoms with Crippen LogP contribution in [0.25, 0.3) is 0 Å². The van der Waals surface area contributed by atoms with Gasteiger partial charge in [0.15, 0.2) is 5.69 Å². The van der Waals surface area contributed by atoms with Crippen LogP contribution in [0.15, 0.2) is 21.5 Å². The number of H-pyrrole nitrogens is 1. The molecule has 7 heteroatoms. The van der Waals surface area contributed by atoms with E-state index < -0.39 is 0 Å². The maximum atomic E-state index is 12.0. The van der Waals surface area contributed by atoms with Crippen LogP contribution >= 0.6 is 0 Å². The number of hydrogen-bond acceptors (Lipinski definition) is 5. The minimum atomic E-state index is -0.256. The number of aromatic nitrogens is 3. The number of rotatable bonds is 2. The van der Waals surface area contributed by atoms with Gasteiger partial charge in [0.1, 0.15) is 5.76 Å². The minimum absolute atomic E-state index is 0.0180. The zero-order chi connectivity index (χ0) is 14.1. The zero-order valence-electron chi connectivity index (χ0n) is 11.0. The third-order valence-electron chi connectivity index (χ3n) is 3.37. The fraction of sp³-hybridized carbons (Fsp3) is 0.385. The van der Waals surface area contributed by atoms with Crippen molar-refractivity contribution in [1.29, 1.82) is 0 Å². The SMILES string of the molecule is Cc1cc(C(=O)N[C@H]2CCc3n[nH]c(=O)cc3C2)no1. The summed E-state index contributed by atoms with van der Waals surface area (Å²) < 4.78 is 4.88. The Kier molecular flexibility index (Phi) is 3.09. The van der Waals surface area contributed by atoms with Gasteiger partial charge in [-0.2, -0.15) is 5.10 Å². The lowest BCUT2D eigenvalue weighted by molar-refractivity contribution is 0.0924. The molecule has 2 N–H and O–H groups in total. The minimum Gasteiger partial charge on any atom is -0.361 e. The molecular weight excluding hydrogens is 260 g/mol. The van der Waals surface area contributed by atoms with E-state index in [-0.39, 0.29) is 23.2 Å². The molecule has 3 rings (SSSR count). The Morgan fingerprint density at radius 3 is 3.10 bits per heavy atom. The quantitative estimate of drug-likeness (QED) is 0.823. The number of fused-ring (bicyclic) bond motifs is 1. The van der Waals surface area contributed by atoms with Gasteiger partial charge in [-0.1, -0.05) is 5.16 Å². The number of aryl methyl sites for hydroxylation is 2. The molecule has 0 saturated carbocycles. The lowest BCUT2D eigenvalue weighted by atomic mass is 9.92. The van der Waals surface area contributed by atoms with Gasteiger partial charge in [0.2, 0.25) is 0 Å². The van der Waals surface area contributed by atoms with Crippen molar-refractivity contribution in [1.82, 2.24) is 20.7 Å². The molecule has 0 radical (unpaired) electrons. The smallest absolute Gasteiger partial charge is 0.273 e. The van der Waals surface area contributed by atoms with Gasteiger partial charge in [-0.05, 0) is 31.7 Å². The largest absolute Gasteiger partial charge is 0.361 e. The number of carbonyl (C=O) groups excluding carboxylic acids is 1. The maximum Gasteiger partial charge on any atom is 0.273 e. The van der Waals surface area contributed by atoms with E-state index >= 15 is 0 Å². The normalized spacial score (nSPS) is 17.6. The van der Waals surface area contributed by atoms with E-state index in [0.29, 0.717) is 12.2 Å². The van der Waals surface area contributed by atoms with Crippen molar-refractivity contribution >= 4 is 5.91 Å². The van der Waals surface area contributed by atoms with Gasteiger partial charge < -0.3 is 9.84 Å². The lowest BCUT2D eigenvalue weighted by Crippen LogP contribution is -2.39. The number of nitrogens with zero attached hydrogens (tertiary/aromatic N) is 2. The Labute approximate surface area is 114 Å². The third kappa shape index (κ3) is 2.47. The van der Waals surface area contributed by atoms with Crippen molar-refractivity contribution in [3.05, 3.63) is 45.2 Å². The molecule has 1 amide bonds. The average Bonchev–Trinajstić information content (AvgIpc) is 2.85. The summed E-state index contributed by atoms with van der Waals surface area (Å²) in [6.45, 7) is 1.73. The first-order valence-corrected chi connectivity index (χ1v) is 6.43. The molecular formula is C13H14N4O3. The van der Waals surface area contributed by atoms with Gasteiger partial charge in [-0.25, -0.2) is 5.10 Å². The molecule has 0 saturated heterocycles. The van der Waals surface area contributed by atoms with Crippen LogP contribution in [0.1, 0.15) is 33.9 Å². The number of amides is 1. The van der Waals surface area contributed by atoms with E-state index in [1.165, 1.54) is 0 Å². The highest BCUT2D eigenvalue weighted by molar-refractivity contribution is 5.92. The van der Waals surface area contributed by atoms with Crippen LogP contribution < -0.4 is 10.9 Å². The monoisotopic (exact) mass is 274 g/mol. The van der Waals surface area contributed by atoms with Crippen LogP contribution in [-0.2, 0) is 12.8 Å². The highest BCUT2D eigenvalue weighted by Gasteiger charge is 2.23. The van der Waals surface area contributed by atoms with Crippen LogP contribution in [0.3, 0.4) is 0 Å². The van der Waals surface area contributed by atoms with Gasteiger partial charge in [-0.3, -0.25) is 9.59 Å².